The molecule has 0 heterocycles. The lowest BCUT2D eigenvalue weighted by Crippen LogP contribution is -2.19. The summed E-state index contributed by atoms with van der Waals surface area (Å²) in [7, 11) is 0. The van der Waals surface area contributed by atoms with Crippen molar-refractivity contribution in [2.24, 2.45) is 35.3 Å². The van der Waals surface area contributed by atoms with Gasteiger partial charge in [0.2, 0.25) is 0 Å². The van der Waals surface area contributed by atoms with E-state index in [0.717, 1.165) is 23.7 Å². The van der Waals surface area contributed by atoms with E-state index in [1.165, 1.54) is 25.3 Å². The molecule has 102 valence electrons. The van der Waals surface area contributed by atoms with E-state index in [9.17, 15) is 4.39 Å². The molecule has 4 rings (SSSR count). The third-order valence-corrected chi connectivity index (χ3v) is 6.81. The molecule has 5 unspecified atom stereocenters. The third-order valence-electron chi connectivity index (χ3n) is 5.61. The molecule has 0 aliphatic heterocycles. The first-order chi connectivity index (χ1) is 9.08. The Bertz CT molecular complexity index is 533. The Morgan fingerprint density at radius 3 is 2.53 bits per heavy atom. The van der Waals surface area contributed by atoms with Gasteiger partial charge in [0.25, 0.3) is 0 Å². The van der Waals surface area contributed by atoms with E-state index < -0.39 is 0 Å². The Kier molecular flexibility index (Phi) is 2.78. The summed E-state index contributed by atoms with van der Waals surface area (Å²) < 4.78 is 14.7. The van der Waals surface area contributed by atoms with Gasteiger partial charge in [-0.1, -0.05) is 11.6 Å². The Morgan fingerprint density at radius 1 is 1.26 bits per heavy atom. The molecule has 0 radical (unpaired) electrons. The van der Waals surface area contributed by atoms with E-state index in [0.29, 0.717) is 21.0 Å². The molecule has 0 aromatic heterocycles. The number of hydrogen-bond acceptors (Lipinski definition) is 1. The summed E-state index contributed by atoms with van der Waals surface area (Å²) in [6.45, 7) is 0. The maximum Gasteiger partial charge on any atom is 0.129 e. The average Bonchev–Trinajstić information content (AvgIpc) is 2.81. The number of halogens is 3. The van der Waals surface area contributed by atoms with Gasteiger partial charge in [0, 0.05) is 16.1 Å². The molecule has 0 spiro atoms. The lowest BCUT2D eigenvalue weighted by molar-refractivity contribution is 0.410. The number of fused-ring (bicyclic) bond motifs is 5. The maximum absolute atomic E-state index is 14.1. The molecule has 19 heavy (non-hydrogen) atoms. The van der Waals surface area contributed by atoms with Crippen molar-refractivity contribution in [3.8, 4) is 0 Å². The predicted molar refractivity (Wildman–Crippen MR) is 77.3 cm³/mol. The molecule has 0 amide bonds. The van der Waals surface area contributed by atoms with Gasteiger partial charge in [-0.15, -0.1) is 0 Å². The van der Waals surface area contributed by atoms with Crippen LogP contribution in [0.3, 0.4) is 0 Å². The second-order valence-corrected chi connectivity index (χ2v) is 7.64. The van der Waals surface area contributed by atoms with Crippen LogP contribution in [-0.4, -0.2) is 0 Å². The standard InChI is InChI=1S/C15H16BrClFN/c16-9-5-11(18)8(4-10(9)17)15(19)14-12-6-1-2-7(3-6)13(12)14/h4-7,12-15H,1-3,19H2. The summed E-state index contributed by atoms with van der Waals surface area (Å²) >= 11 is 9.32. The van der Waals surface area contributed by atoms with Crippen LogP contribution in [0.1, 0.15) is 30.9 Å². The minimum Gasteiger partial charge on any atom is -0.324 e. The molecule has 3 saturated carbocycles. The second-order valence-electron chi connectivity index (χ2n) is 6.38. The second kappa shape index (κ2) is 4.19. The van der Waals surface area contributed by atoms with E-state index in [1.54, 1.807) is 6.07 Å². The highest BCUT2D eigenvalue weighted by atomic mass is 79.9. The minimum atomic E-state index is -0.235. The fourth-order valence-corrected chi connectivity index (χ4v) is 5.36. The molecule has 2 bridgehead atoms. The molecule has 3 aliphatic rings. The first kappa shape index (κ1) is 12.6. The summed E-state index contributed by atoms with van der Waals surface area (Å²) in [4.78, 5) is 0. The SMILES string of the molecule is NC(c1cc(Cl)c(Br)cc1F)C1C2C3CCC(C3)C21. The largest absolute Gasteiger partial charge is 0.324 e. The average molecular weight is 345 g/mol. The van der Waals surface area contributed by atoms with Gasteiger partial charge in [-0.3, -0.25) is 0 Å². The van der Waals surface area contributed by atoms with E-state index in [-0.39, 0.29) is 11.9 Å². The summed E-state index contributed by atoms with van der Waals surface area (Å²) in [6.07, 6.45) is 4.11. The van der Waals surface area contributed by atoms with Crippen molar-refractivity contribution in [3.05, 3.63) is 33.0 Å². The maximum atomic E-state index is 14.1. The van der Waals surface area contributed by atoms with Crippen LogP contribution in [0.5, 0.6) is 0 Å². The molecule has 1 aromatic carbocycles. The topological polar surface area (TPSA) is 26.0 Å². The Labute approximate surface area is 125 Å². The Hall–Kier alpha value is -0.120. The van der Waals surface area contributed by atoms with Crippen molar-refractivity contribution >= 4 is 27.5 Å². The van der Waals surface area contributed by atoms with Crippen LogP contribution < -0.4 is 5.73 Å². The third kappa shape index (κ3) is 1.74. The van der Waals surface area contributed by atoms with Crippen LogP contribution >= 0.6 is 27.5 Å². The molecule has 3 fully saturated rings. The van der Waals surface area contributed by atoms with Crippen LogP contribution in [0.2, 0.25) is 5.02 Å². The molecule has 1 aromatic rings. The summed E-state index contributed by atoms with van der Waals surface area (Å²) in [5.74, 6) is 3.49. The number of benzene rings is 1. The number of hydrogen-bond donors (Lipinski definition) is 1. The monoisotopic (exact) mass is 343 g/mol. The molecule has 2 N–H and O–H groups in total. The zero-order valence-electron chi connectivity index (χ0n) is 10.5. The fraction of sp³-hybridized carbons (Fsp3) is 0.600. The lowest BCUT2D eigenvalue weighted by atomic mass is 9.93. The Morgan fingerprint density at radius 2 is 1.89 bits per heavy atom. The van der Waals surface area contributed by atoms with Crippen molar-refractivity contribution < 1.29 is 4.39 Å². The highest BCUT2D eigenvalue weighted by Gasteiger charge is 2.66. The predicted octanol–water partition coefficient (Wildman–Crippen LogP) is 4.53. The van der Waals surface area contributed by atoms with Crippen molar-refractivity contribution in [1.29, 1.82) is 0 Å². The highest BCUT2D eigenvalue weighted by Crippen LogP contribution is 2.71. The zero-order chi connectivity index (χ0) is 13.3. The molecular weight excluding hydrogens is 329 g/mol. The van der Waals surface area contributed by atoms with Crippen LogP contribution in [0, 0.1) is 35.4 Å². The van der Waals surface area contributed by atoms with Crippen LogP contribution in [0.4, 0.5) is 4.39 Å². The van der Waals surface area contributed by atoms with E-state index in [1.807, 2.05) is 0 Å². The summed E-state index contributed by atoms with van der Waals surface area (Å²) in [5.41, 5.74) is 6.94. The van der Waals surface area contributed by atoms with Gasteiger partial charge in [-0.25, -0.2) is 4.39 Å². The van der Waals surface area contributed by atoms with Gasteiger partial charge >= 0.3 is 0 Å². The summed E-state index contributed by atoms with van der Waals surface area (Å²) in [6, 6.07) is 2.94. The van der Waals surface area contributed by atoms with Crippen molar-refractivity contribution in [3.63, 3.8) is 0 Å². The number of rotatable bonds is 2. The van der Waals surface area contributed by atoms with Crippen LogP contribution in [0.15, 0.2) is 16.6 Å². The van der Waals surface area contributed by atoms with Gasteiger partial charge in [0.1, 0.15) is 5.82 Å². The molecular formula is C15H16BrClFN. The van der Waals surface area contributed by atoms with E-state index in [2.05, 4.69) is 15.9 Å². The quantitative estimate of drug-likeness (QED) is 0.784. The first-order valence-electron chi connectivity index (χ1n) is 6.98. The zero-order valence-corrected chi connectivity index (χ0v) is 12.8. The normalized spacial score (nSPS) is 40.3. The van der Waals surface area contributed by atoms with Gasteiger partial charge in [-0.05, 0) is 76.9 Å². The van der Waals surface area contributed by atoms with Crippen molar-refractivity contribution in [2.75, 3.05) is 0 Å². The minimum absolute atomic E-state index is 0.191. The van der Waals surface area contributed by atoms with Gasteiger partial charge in [0.05, 0.1) is 5.02 Å². The van der Waals surface area contributed by atoms with E-state index in [4.69, 9.17) is 17.3 Å². The van der Waals surface area contributed by atoms with Crippen LogP contribution in [0.25, 0.3) is 0 Å². The fourth-order valence-electron chi connectivity index (χ4n) is 4.87. The molecule has 0 saturated heterocycles. The summed E-state index contributed by atoms with van der Waals surface area (Å²) in [5, 5.41) is 0.542. The van der Waals surface area contributed by atoms with Crippen LogP contribution in [-0.2, 0) is 0 Å². The first-order valence-corrected chi connectivity index (χ1v) is 8.15. The van der Waals surface area contributed by atoms with Gasteiger partial charge in [-0.2, -0.15) is 0 Å². The smallest absolute Gasteiger partial charge is 0.129 e. The van der Waals surface area contributed by atoms with Gasteiger partial charge < -0.3 is 5.73 Å². The van der Waals surface area contributed by atoms with Crippen molar-refractivity contribution in [1.82, 2.24) is 0 Å². The molecule has 4 heteroatoms. The lowest BCUT2D eigenvalue weighted by Gasteiger charge is -2.18. The van der Waals surface area contributed by atoms with Gasteiger partial charge in [0.15, 0.2) is 0 Å². The Balaban J connectivity index is 1.62. The van der Waals surface area contributed by atoms with E-state index >= 15 is 0 Å². The van der Waals surface area contributed by atoms with Crippen molar-refractivity contribution in [2.45, 2.75) is 25.3 Å². The number of nitrogens with two attached hydrogens (primary N) is 1. The molecule has 3 aliphatic carbocycles. The highest BCUT2D eigenvalue weighted by molar-refractivity contribution is 9.10. The molecule has 1 nitrogen and oxygen atoms in total. The molecule has 5 atom stereocenters.